The molecule has 1 aromatic carbocycles. The summed E-state index contributed by atoms with van der Waals surface area (Å²) < 4.78 is 31.1. The van der Waals surface area contributed by atoms with Gasteiger partial charge in [-0.25, -0.2) is 13.6 Å². The van der Waals surface area contributed by atoms with Gasteiger partial charge in [0, 0.05) is 17.8 Å². The van der Waals surface area contributed by atoms with Crippen LogP contribution in [0.15, 0.2) is 36.5 Å². The third-order valence-electron chi connectivity index (χ3n) is 2.43. The van der Waals surface area contributed by atoms with Gasteiger partial charge in [-0.15, -0.1) is 0 Å². The highest BCUT2D eigenvalue weighted by Gasteiger charge is 2.10. The van der Waals surface area contributed by atoms with Crippen molar-refractivity contribution in [2.45, 2.75) is 6.92 Å². The molecule has 0 atom stereocenters. The number of hydrogen-bond donors (Lipinski definition) is 0. The minimum atomic E-state index is -0.696. The molecule has 0 saturated heterocycles. The van der Waals surface area contributed by atoms with E-state index in [0.29, 0.717) is 5.69 Å². The zero-order valence-electron chi connectivity index (χ0n) is 10.2. The van der Waals surface area contributed by atoms with Crippen LogP contribution in [0.25, 0.3) is 11.3 Å². The van der Waals surface area contributed by atoms with Crippen molar-refractivity contribution >= 4 is 5.97 Å². The molecule has 0 bridgehead atoms. The molecule has 2 rings (SSSR count). The summed E-state index contributed by atoms with van der Waals surface area (Å²) in [5.41, 5.74) is 0.865. The summed E-state index contributed by atoms with van der Waals surface area (Å²) in [6, 6.07) is 6.00. The molecule has 0 fully saturated rings. The lowest BCUT2D eigenvalue weighted by Gasteiger charge is -2.05. The van der Waals surface area contributed by atoms with Crippen LogP contribution in [0, 0.1) is 11.6 Å². The fourth-order valence-corrected chi connectivity index (χ4v) is 1.63. The van der Waals surface area contributed by atoms with Gasteiger partial charge in [0.05, 0.1) is 17.9 Å². The zero-order valence-corrected chi connectivity index (χ0v) is 10.2. The maximum absolute atomic E-state index is 13.1. The molecule has 19 heavy (non-hydrogen) atoms. The minimum absolute atomic E-state index is 0.255. The van der Waals surface area contributed by atoms with Crippen molar-refractivity contribution in [3.05, 3.63) is 53.7 Å². The van der Waals surface area contributed by atoms with Crippen LogP contribution in [0.2, 0.25) is 0 Å². The summed E-state index contributed by atoms with van der Waals surface area (Å²) in [5.74, 6) is -1.89. The molecule has 1 aromatic heterocycles. The summed E-state index contributed by atoms with van der Waals surface area (Å²) in [6.07, 6.45) is 1.39. The van der Waals surface area contributed by atoms with Crippen LogP contribution >= 0.6 is 0 Å². The Bertz CT molecular complexity index is 594. The topological polar surface area (TPSA) is 39.2 Å². The van der Waals surface area contributed by atoms with Gasteiger partial charge in [0.2, 0.25) is 0 Å². The summed E-state index contributed by atoms with van der Waals surface area (Å²) >= 11 is 0. The summed E-state index contributed by atoms with van der Waals surface area (Å²) in [7, 11) is 0. The highest BCUT2D eigenvalue weighted by atomic mass is 19.1. The van der Waals surface area contributed by atoms with Crippen molar-refractivity contribution in [2.24, 2.45) is 0 Å². The Morgan fingerprint density at radius 3 is 2.53 bits per heavy atom. The fraction of sp³-hybridized carbons (Fsp3) is 0.143. The van der Waals surface area contributed by atoms with Crippen molar-refractivity contribution in [3.63, 3.8) is 0 Å². The van der Waals surface area contributed by atoms with Gasteiger partial charge >= 0.3 is 5.97 Å². The molecule has 0 aliphatic rings. The lowest BCUT2D eigenvalue weighted by Crippen LogP contribution is -2.05. The highest BCUT2D eigenvalue weighted by molar-refractivity contribution is 5.90. The number of benzene rings is 1. The van der Waals surface area contributed by atoms with Gasteiger partial charge in [0.25, 0.3) is 0 Å². The molecule has 1 heterocycles. The SMILES string of the molecule is CCOC(=O)c1ccnc(-c2cc(F)cc(F)c2)c1. The number of ether oxygens (including phenoxy) is 1. The number of hydrogen-bond acceptors (Lipinski definition) is 3. The smallest absolute Gasteiger partial charge is 0.338 e. The molecule has 0 aliphatic carbocycles. The minimum Gasteiger partial charge on any atom is -0.462 e. The van der Waals surface area contributed by atoms with Crippen LogP contribution in [0.4, 0.5) is 8.78 Å². The van der Waals surface area contributed by atoms with Crippen LogP contribution in [0.1, 0.15) is 17.3 Å². The van der Waals surface area contributed by atoms with Gasteiger partial charge in [-0.1, -0.05) is 0 Å². The van der Waals surface area contributed by atoms with Gasteiger partial charge in [0.15, 0.2) is 0 Å². The Kier molecular flexibility index (Phi) is 3.85. The van der Waals surface area contributed by atoms with Crippen molar-refractivity contribution < 1.29 is 18.3 Å². The van der Waals surface area contributed by atoms with Crippen LogP contribution in [0.5, 0.6) is 0 Å². The fourth-order valence-electron chi connectivity index (χ4n) is 1.63. The van der Waals surface area contributed by atoms with E-state index in [1.807, 2.05) is 0 Å². The van der Waals surface area contributed by atoms with Crippen LogP contribution in [-0.2, 0) is 4.74 Å². The van der Waals surface area contributed by atoms with Crippen LogP contribution in [0.3, 0.4) is 0 Å². The molecule has 0 radical (unpaired) electrons. The summed E-state index contributed by atoms with van der Waals surface area (Å²) in [4.78, 5) is 15.6. The first kappa shape index (κ1) is 13.1. The van der Waals surface area contributed by atoms with E-state index < -0.39 is 17.6 Å². The number of pyridine rings is 1. The van der Waals surface area contributed by atoms with Crippen molar-refractivity contribution in [1.29, 1.82) is 0 Å². The lowest BCUT2D eigenvalue weighted by atomic mass is 10.1. The standard InChI is InChI=1S/C14H11F2NO2/c1-2-19-14(18)9-3-4-17-13(7-9)10-5-11(15)8-12(16)6-10/h3-8H,2H2,1H3. The lowest BCUT2D eigenvalue weighted by molar-refractivity contribution is 0.0526. The summed E-state index contributed by atoms with van der Waals surface area (Å²) in [6.45, 7) is 1.95. The normalized spacial score (nSPS) is 10.3. The first-order valence-electron chi connectivity index (χ1n) is 5.70. The van der Waals surface area contributed by atoms with E-state index in [2.05, 4.69) is 4.98 Å². The van der Waals surface area contributed by atoms with E-state index in [0.717, 1.165) is 18.2 Å². The quantitative estimate of drug-likeness (QED) is 0.798. The Balaban J connectivity index is 2.40. The number of aromatic nitrogens is 1. The molecule has 0 N–H and O–H groups in total. The maximum Gasteiger partial charge on any atom is 0.338 e. The number of nitrogens with zero attached hydrogens (tertiary/aromatic N) is 1. The van der Waals surface area contributed by atoms with Crippen LogP contribution in [-0.4, -0.2) is 17.6 Å². The largest absolute Gasteiger partial charge is 0.462 e. The van der Waals surface area contributed by atoms with Gasteiger partial charge in [-0.2, -0.15) is 0 Å². The van der Waals surface area contributed by atoms with Gasteiger partial charge in [-0.05, 0) is 31.2 Å². The average Bonchev–Trinajstić information content (AvgIpc) is 2.38. The third-order valence-corrected chi connectivity index (χ3v) is 2.43. The molecule has 0 saturated carbocycles. The molecule has 0 amide bonds. The molecular weight excluding hydrogens is 252 g/mol. The van der Waals surface area contributed by atoms with Crippen molar-refractivity contribution in [2.75, 3.05) is 6.61 Å². The predicted molar refractivity (Wildman–Crippen MR) is 65.5 cm³/mol. The molecule has 3 nitrogen and oxygen atoms in total. The number of halogens is 2. The Morgan fingerprint density at radius 1 is 1.21 bits per heavy atom. The number of carbonyl (C=O) groups is 1. The van der Waals surface area contributed by atoms with Gasteiger partial charge < -0.3 is 4.74 Å². The van der Waals surface area contributed by atoms with E-state index in [9.17, 15) is 13.6 Å². The van der Waals surface area contributed by atoms with E-state index in [-0.39, 0.29) is 17.7 Å². The molecule has 5 heteroatoms. The number of carbonyl (C=O) groups excluding carboxylic acids is 1. The zero-order chi connectivity index (χ0) is 13.8. The first-order chi connectivity index (χ1) is 9.10. The van der Waals surface area contributed by atoms with E-state index in [1.54, 1.807) is 6.92 Å². The predicted octanol–water partition coefficient (Wildman–Crippen LogP) is 3.20. The van der Waals surface area contributed by atoms with E-state index in [4.69, 9.17) is 4.74 Å². The first-order valence-corrected chi connectivity index (χ1v) is 5.70. The van der Waals surface area contributed by atoms with Crippen molar-refractivity contribution in [3.8, 4) is 11.3 Å². The second-order valence-corrected chi connectivity index (χ2v) is 3.81. The number of esters is 1. The van der Waals surface area contributed by atoms with Crippen LogP contribution < -0.4 is 0 Å². The summed E-state index contributed by atoms with van der Waals surface area (Å²) in [5, 5.41) is 0. The van der Waals surface area contributed by atoms with Crippen molar-refractivity contribution in [1.82, 2.24) is 4.98 Å². The Morgan fingerprint density at radius 2 is 1.89 bits per heavy atom. The van der Waals surface area contributed by atoms with Gasteiger partial charge in [0.1, 0.15) is 11.6 Å². The number of rotatable bonds is 3. The molecule has 0 unspecified atom stereocenters. The molecule has 0 spiro atoms. The Labute approximate surface area is 108 Å². The van der Waals surface area contributed by atoms with E-state index >= 15 is 0 Å². The molecular formula is C14H11F2NO2. The maximum atomic E-state index is 13.1. The van der Waals surface area contributed by atoms with E-state index in [1.165, 1.54) is 18.3 Å². The second kappa shape index (κ2) is 5.56. The average molecular weight is 263 g/mol. The monoisotopic (exact) mass is 263 g/mol. The second-order valence-electron chi connectivity index (χ2n) is 3.81. The highest BCUT2D eigenvalue weighted by Crippen LogP contribution is 2.20. The van der Waals surface area contributed by atoms with Gasteiger partial charge in [-0.3, -0.25) is 4.98 Å². The molecule has 98 valence electrons. The molecule has 0 aliphatic heterocycles. The Hall–Kier alpha value is -2.30. The third kappa shape index (κ3) is 3.13. The molecule has 2 aromatic rings.